The smallest absolute Gasteiger partial charge is 0.306 e. The Morgan fingerprint density at radius 3 is 0.836 bits per heavy atom. The van der Waals surface area contributed by atoms with Crippen LogP contribution < -0.4 is 0 Å². The van der Waals surface area contributed by atoms with Gasteiger partial charge in [-0.2, -0.15) is 0 Å². The van der Waals surface area contributed by atoms with E-state index in [1.165, 1.54) is 193 Å². The van der Waals surface area contributed by atoms with E-state index >= 15 is 0 Å². The van der Waals surface area contributed by atoms with Crippen LogP contribution in [-0.2, 0) is 28.6 Å². The van der Waals surface area contributed by atoms with E-state index in [9.17, 15) is 14.4 Å². The van der Waals surface area contributed by atoms with Crippen molar-refractivity contribution in [3.05, 3.63) is 72.9 Å². The maximum absolute atomic E-state index is 12.9. The number of unbranched alkanes of at least 4 members (excludes halogenated alkanes) is 34. The summed E-state index contributed by atoms with van der Waals surface area (Å²) in [4.78, 5) is 38.3. The first-order valence-corrected chi connectivity index (χ1v) is 31.4. The molecule has 6 nitrogen and oxygen atoms in total. The Kier molecular flexibility index (Phi) is 58.7. The third-order valence-electron chi connectivity index (χ3n) is 13.7. The fourth-order valence-corrected chi connectivity index (χ4v) is 9.06. The Morgan fingerprint density at radius 1 is 0.288 bits per heavy atom. The molecule has 0 rings (SSSR count). The van der Waals surface area contributed by atoms with Crippen molar-refractivity contribution in [2.75, 3.05) is 13.2 Å². The quantitative estimate of drug-likeness (QED) is 0.0261. The highest BCUT2D eigenvalue weighted by molar-refractivity contribution is 5.71. The highest BCUT2D eigenvalue weighted by Crippen LogP contribution is 2.17. The van der Waals surface area contributed by atoms with Gasteiger partial charge in [0.2, 0.25) is 0 Å². The van der Waals surface area contributed by atoms with Gasteiger partial charge in [-0.15, -0.1) is 0 Å². The van der Waals surface area contributed by atoms with E-state index in [-0.39, 0.29) is 37.5 Å². The summed E-state index contributed by atoms with van der Waals surface area (Å²) < 4.78 is 16.9. The second-order valence-electron chi connectivity index (χ2n) is 21.0. The third kappa shape index (κ3) is 59.6. The molecule has 0 aliphatic carbocycles. The van der Waals surface area contributed by atoms with Crippen LogP contribution in [0, 0.1) is 0 Å². The minimum Gasteiger partial charge on any atom is -0.462 e. The number of hydrogen-bond donors (Lipinski definition) is 0. The Hall–Kier alpha value is -3.15. The van der Waals surface area contributed by atoms with Gasteiger partial charge in [-0.05, 0) is 57.8 Å². The number of hydrogen-bond acceptors (Lipinski definition) is 6. The van der Waals surface area contributed by atoms with Gasteiger partial charge in [0.1, 0.15) is 13.2 Å². The van der Waals surface area contributed by atoms with Gasteiger partial charge >= 0.3 is 17.9 Å². The largest absolute Gasteiger partial charge is 0.462 e. The van der Waals surface area contributed by atoms with Crippen molar-refractivity contribution in [3.63, 3.8) is 0 Å². The summed E-state index contributed by atoms with van der Waals surface area (Å²) in [6, 6.07) is 0. The Balaban J connectivity index is 4.44. The van der Waals surface area contributed by atoms with Crippen molar-refractivity contribution >= 4 is 17.9 Å². The summed E-state index contributed by atoms with van der Waals surface area (Å²) >= 11 is 0. The minimum absolute atomic E-state index is 0.0941. The van der Waals surface area contributed by atoms with Gasteiger partial charge in [-0.1, -0.05) is 312 Å². The van der Waals surface area contributed by atoms with E-state index in [1.807, 2.05) is 6.08 Å². The molecule has 0 N–H and O–H groups in total. The van der Waals surface area contributed by atoms with Gasteiger partial charge in [-0.3, -0.25) is 14.4 Å². The van der Waals surface area contributed by atoms with E-state index in [0.717, 1.165) is 77.0 Å². The first kappa shape index (κ1) is 69.8. The van der Waals surface area contributed by atoms with Crippen LogP contribution in [0.5, 0.6) is 0 Å². The van der Waals surface area contributed by atoms with E-state index in [4.69, 9.17) is 14.2 Å². The van der Waals surface area contributed by atoms with Crippen LogP contribution in [0.15, 0.2) is 72.9 Å². The number of carbonyl (C=O) groups excluding carboxylic acids is 3. The van der Waals surface area contributed by atoms with Gasteiger partial charge in [0.05, 0.1) is 0 Å². The molecule has 0 aliphatic heterocycles. The molecular weight excluding hydrogens is 901 g/mol. The van der Waals surface area contributed by atoms with Gasteiger partial charge in [0.15, 0.2) is 6.10 Å². The van der Waals surface area contributed by atoms with Crippen LogP contribution in [0.3, 0.4) is 0 Å². The van der Waals surface area contributed by atoms with Gasteiger partial charge in [0, 0.05) is 19.3 Å². The van der Waals surface area contributed by atoms with Crippen molar-refractivity contribution in [2.45, 2.75) is 322 Å². The number of ether oxygens (including phenoxy) is 3. The lowest BCUT2D eigenvalue weighted by molar-refractivity contribution is -0.166. The summed E-state index contributed by atoms with van der Waals surface area (Å²) in [5, 5.41) is 0. The SMILES string of the molecule is CC/C=C\C/C=C\C/C=C\C/C=C\C/C=C\C/C=C\CCC(=O)OCC(COC(=O)CCCCCCCCCCCCCCCCCCC)OC(=O)CCCCCCCCCCCCCCCCCCCCC. The van der Waals surface area contributed by atoms with Crippen molar-refractivity contribution < 1.29 is 28.6 Å². The van der Waals surface area contributed by atoms with E-state index in [2.05, 4.69) is 87.6 Å². The van der Waals surface area contributed by atoms with E-state index < -0.39 is 6.10 Å². The van der Waals surface area contributed by atoms with Gasteiger partial charge in [-0.25, -0.2) is 0 Å². The van der Waals surface area contributed by atoms with Crippen molar-refractivity contribution in [3.8, 4) is 0 Å². The van der Waals surface area contributed by atoms with Gasteiger partial charge in [0.25, 0.3) is 0 Å². The molecule has 0 radical (unpaired) electrons. The normalized spacial score (nSPS) is 12.5. The molecule has 0 bridgehead atoms. The molecule has 0 spiro atoms. The highest BCUT2D eigenvalue weighted by atomic mass is 16.6. The molecule has 1 atom stereocenters. The van der Waals surface area contributed by atoms with Crippen LogP contribution in [0.1, 0.15) is 316 Å². The monoisotopic (exact) mass is 1020 g/mol. The molecule has 0 aromatic carbocycles. The number of allylic oxidation sites excluding steroid dienone is 12. The molecule has 0 fully saturated rings. The van der Waals surface area contributed by atoms with Crippen molar-refractivity contribution in [1.82, 2.24) is 0 Å². The molecule has 0 aromatic heterocycles. The van der Waals surface area contributed by atoms with Crippen LogP contribution in [0.4, 0.5) is 0 Å². The average Bonchev–Trinajstić information content (AvgIpc) is 3.39. The predicted molar refractivity (Wildman–Crippen MR) is 316 cm³/mol. The summed E-state index contributed by atoms with van der Waals surface area (Å²) in [5.74, 6) is -0.964. The second kappa shape index (κ2) is 61.4. The zero-order valence-electron chi connectivity index (χ0n) is 48.4. The average molecular weight is 1020 g/mol. The van der Waals surface area contributed by atoms with E-state index in [1.54, 1.807) is 0 Å². The lowest BCUT2D eigenvalue weighted by atomic mass is 10.0. The van der Waals surface area contributed by atoms with Crippen LogP contribution in [0.2, 0.25) is 0 Å². The fourth-order valence-electron chi connectivity index (χ4n) is 9.06. The molecule has 73 heavy (non-hydrogen) atoms. The Morgan fingerprint density at radius 2 is 0.534 bits per heavy atom. The predicted octanol–water partition coefficient (Wildman–Crippen LogP) is 21.3. The molecule has 0 heterocycles. The van der Waals surface area contributed by atoms with Crippen molar-refractivity contribution in [1.29, 1.82) is 0 Å². The van der Waals surface area contributed by atoms with Crippen LogP contribution in [-0.4, -0.2) is 37.2 Å². The number of esters is 3. The lowest BCUT2D eigenvalue weighted by Crippen LogP contribution is -2.30. The molecule has 0 aromatic rings. The zero-order chi connectivity index (χ0) is 52.9. The molecule has 0 aliphatic rings. The standard InChI is InChI=1S/C67H118O6/c1-4-7-10-13-16-19-22-25-28-31-33-36-39-42-45-48-51-54-57-60-66(69)72-63-64(62-71-65(68)59-56-53-50-47-44-41-38-35-30-27-24-21-18-15-12-9-6-3)73-67(70)61-58-55-52-49-46-43-40-37-34-32-29-26-23-20-17-14-11-8-5-2/h7,10,16,19,25,28,33,36,42,45,51,54,64H,4-6,8-9,11-15,17-18,20-24,26-27,29-32,34-35,37-41,43-44,46-50,52-53,55-63H2,1-3H3/b10-7-,19-16-,28-25-,36-33-,45-42-,54-51-. The maximum Gasteiger partial charge on any atom is 0.306 e. The maximum atomic E-state index is 12.9. The zero-order valence-corrected chi connectivity index (χ0v) is 48.4. The Bertz CT molecular complexity index is 1360. The van der Waals surface area contributed by atoms with Gasteiger partial charge < -0.3 is 14.2 Å². The highest BCUT2D eigenvalue weighted by Gasteiger charge is 2.19. The number of carbonyl (C=O) groups is 3. The molecular formula is C67H118O6. The van der Waals surface area contributed by atoms with Crippen LogP contribution in [0.25, 0.3) is 0 Å². The fraction of sp³-hybridized carbons (Fsp3) is 0.776. The molecule has 6 heteroatoms. The van der Waals surface area contributed by atoms with Crippen molar-refractivity contribution in [2.24, 2.45) is 0 Å². The summed E-state index contributed by atoms with van der Waals surface area (Å²) in [5.41, 5.74) is 0. The topological polar surface area (TPSA) is 78.9 Å². The first-order valence-electron chi connectivity index (χ1n) is 31.4. The summed E-state index contributed by atoms with van der Waals surface area (Å²) in [6.45, 7) is 6.51. The molecule has 0 saturated carbocycles. The van der Waals surface area contributed by atoms with E-state index in [0.29, 0.717) is 19.3 Å². The molecule has 0 amide bonds. The summed E-state index contributed by atoms with van der Waals surface area (Å²) in [7, 11) is 0. The Labute approximate surface area is 453 Å². The second-order valence-corrected chi connectivity index (χ2v) is 21.0. The molecule has 422 valence electrons. The molecule has 0 saturated heterocycles. The number of rotatable bonds is 57. The lowest BCUT2D eigenvalue weighted by Gasteiger charge is -2.18. The first-order chi connectivity index (χ1) is 36.0. The molecule has 1 unspecified atom stereocenters. The third-order valence-corrected chi connectivity index (χ3v) is 13.7. The minimum atomic E-state index is -0.804. The summed E-state index contributed by atoms with van der Waals surface area (Å²) in [6.07, 6.45) is 79.2. The van der Waals surface area contributed by atoms with Crippen LogP contribution >= 0.6 is 0 Å².